The first-order valence-corrected chi connectivity index (χ1v) is 10.8. The van der Waals surface area contributed by atoms with Crippen LogP contribution >= 0.6 is 0 Å². The second-order valence-corrected chi connectivity index (χ2v) is 9.05. The summed E-state index contributed by atoms with van der Waals surface area (Å²) in [4.78, 5) is 24.7. The summed E-state index contributed by atoms with van der Waals surface area (Å²) in [5.41, 5.74) is 3.02. The van der Waals surface area contributed by atoms with Crippen LogP contribution in [-0.4, -0.2) is 44.4 Å². The Morgan fingerprint density at radius 2 is 2.07 bits per heavy atom. The van der Waals surface area contributed by atoms with Gasteiger partial charge in [-0.1, -0.05) is 12.1 Å². The molecule has 3 heterocycles. The summed E-state index contributed by atoms with van der Waals surface area (Å²) < 4.78 is 23.6. The second kappa shape index (κ2) is 6.90. The molecule has 0 saturated heterocycles. The minimum Gasteiger partial charge on any atom is -0.350 e. The van der Waals surface area contributed by atoms with Gasteiger partial charge in [0.15, 0.2) is 15.7 Å². The minimum atomic E-state index is -3.05. The number of benzene rings is 1. The molecule has 2 aliphatic heterocycles. The second-order valence-electron chi connectivity index (χ2n) is 6.98. The van der Waals surface area contributed by atoms with Gasteiger partial charge in [-0.15, -0.1) is 6.58 Å². The van der Waals surface area contributed by atoms with Crippen molar-refractivity contribution in [2.45, 2.75) is 17.9 Å². The average molecular weight is 399 g/mol. The van der Waals surface area contributed by atoms with Crippen molar-refractivity contribution in [3.05, 3.63) is 48.2 Å². The molecule has 0 aliphatic carbocycles. The maximum atomic E-state index is 12.2. The molecule has 0 radical (unpaired) electrons. The molecule has 0 fully saturated rings. The van der Waals surface area contributed by atoms with E-state index in [1.807, 2.05) is 23.1 Å². The van der Waals surface area contributed by atoms with Crippen LogP contribution < -0.4 is 15.1 Å². The molecule has 1 aromatic carbocycles. The lowest BCUT2D eigenvalue weighted by molar-refractivity contribution is -0.118. The zero-order valence-corrected chi connectivity index (χ0v) is 16.4. The Hall–Kier alpha value is -2.94. The first-order chi connectivity index (χ1) is 13.4. The lowest BCUT2D eigenvalue weighted by Gasteiger charge is -2.23. The molecule has 146 valence electrons. The van der Waals surface area contributed by atoms with E-state index in [2.05, 4.69) is 21.9 Å². The molecule has 1 N–H and O–H groups in total. The number of amides is 1. The van der Waals surface area contributed by atoms with E-state index in [4.69, 9.17) is 0 Å². The fraction of sp³-hybridized carbons (Fsp3) is 0.316. The van der Waals surface area contributed by atoms with Gasteiger partial charge in [0.25, 0.3) is 0 Å². The van der Waals surface area contributed by atoms with E-state index in [0.717, 1.165) is 16.8 Å². The number of nitrogens with zero attached hydrogens (tertiary/aromatic N) is 4. The van der Waals surface area contributed by atoms with Crippen molar-refractivity contribution in [2.24, 2.45) is 0 Å². The first kappa shape index (κ1) is 18.4. The van der Waals surface area contributed by atoms with Gasteiger partial charge in [0.05, 0.1) is 17.7 Å². The molecule has 0 unspecified atom stereocenters. The number of anilines is 4. The lowest BCUT2D eigenvalue weighted by atomic mass is 10.1. The normalized spacial score (nSPS) is 17.7. The standard InChI is InChI=1S/C19H21N5O3S/c1-3-7-24-8-6-17(25)23(2)16-10-20-19(22-18(16)24)21-15-5-4-13-11-28(26,27)12-14(13)9-15/h3-5,9-10H,1,6-8,11-12H2,2H3,(H,20,21,22). The number of carbonyl (C=O) groups is 1. The van der Waals surface area contributed by atoms with Crippen molar-refractivity contribution < 1.29 is 13.2 Å². The topological polar surface area (TPSA) is 95.5 Å². The van der Waals surface area contributed by atoms with E-state index in [1.165, 1.54) is 0 Å². The van der Waals surface area contributed by atoms with Crippen LogP contribution in [0.2, 0.25) is 0 Å². The third kappa shape index (κ3) is 3.45. The number of hydrogen-bond acceptors (Lipinski definition) is 7. The van der Waals surface area contributed by atoms with Crippen molar-refractivity contribution in [2.75, 3.05) is 35.3 Å². The van der Waals surface area contributed by atoms with Gasteiger partial charge in [-0.2, -0.15) is 4.98 Å². The van der Waals surface area contributed by atoms with Crippen LogP contribution in [0.5, 0.6) is 0 Å². The van der Waals surface area contributed by atoms with Crippen molar-refractivity contribution in [1.82, 2.24) is 9.97 Å². The third-order valence-corrected chi connectivity index (χ3v) is 6.44. The Labute approximate surface area is 163 Å². The van der Waals surface area contributed by atoms with Crippen LogP contribution in [0.4, 0.5) is 23.1 Å². The highest BCUT2D eigenvalue weighted by atomic mass is 32.2. The largest absolute Gasteiger partial charge is 0.350 e. The van der Waals surface area contributed by atoms with E-state index >= 15 is 0 Å². The van der Waals surface area contributed by atoms with E-state index in [9.17, 15) is 13.2 Å². The van der Waals surface area contributed by atoms with E-state index in [0.29, 0.717) is 37.0 Å². The highest BCUT2D eigenvalue weighted by Crippen LogP contribution is 2.32. The van der Waals surface area contributed by atoms with Gasteiger partial charge >= 0.3 is 0 Å². The first-order valence-electron chi connectivity index (χ1n) is 8.95. The SMILES string of the molecule is C=CCN1CCC(=O)N(C)c2cnc(Nc3ccc4c(c3)CS(=O)(=O)C4)nc21. The van der Waals surface area contributed by atoms with E-state index < -0.39 is 9.84 Å². The molecule has 0 spiro atoms. The molecule has 1 aromatic heterocycles. The van der Waals surface area contributed by atoms with Crippen molar-refractivity contribution >= 4 is 38.9 Å². The smallest absolute Gasteiger partial charge is 0.229 e. The molecule has 4 rings (SSSR count). The van der Waals surface area contributed by atoms with Gasteiger partial charge in [0, 0.05) is 32.2 Å². The summed E-state index contributed by atoms with van der Waals surface area (Å²) in [6, 6.07) is 5.47. The number of sulfone groups is 1. The summed E-state index contributed by atoms with van der Waals surface area (Å²) >= 11 is 0. The molecule has 0 bridgehead atoms. The Balaban J connectivity index is 1.65. The molecular formula is C19H21N5O3S. The molecule has 0 atom stereocenters. The lowest BCUT2D eigenvalue weighted by Crippen LogP contribution is -2.26. The van der Waals surface area contributed by atoms with Gasteiger partial charge in [-0.3, -0.25) is 4.79 Å². The summed E-state index contributed by atoms with van der Waals surface area (Å²) in [5, 5.41) is 3.15. The molecular weight excluding hydrogens is 378 g/mol. The maximum Gasteiger partial charge on any atom is 0.229 e. The predicted molar refractivity (Wildman–Crippen MR) is 109 cm³/mol. The zero-order chi connectivity index (χ0) is 19.9. The van der Waals surface area contributed by atoms with Gasteiger partial charge in [0.1, 0.15) is 5.69 Å². The molecule has 28 heavy (non-hydrogen) atoms. The number of fused-ring (bicyclic) bond motifs is 2. The molecule has 8 nitrogen and oxygen atoms in total. The average Bonchev–Trinajstić information content (AvgIpc) is 2.91. The van der Waals surface area contributed by atoms with Crippen LogP contribution in [0.3, 0.4) is 0 Å². The molecule has 1 amide bonds. The van der Waals surface area contributed by atoms with Crippen LogP contribution in [0, 0.1) is 0 Å². The Bertz CT molecular complexity index is 1070. The molecule has 9 heteroatoms. The summed E-state index contributed by atoms with van der Waals surface area (Å²) in [6.45, 7) is 4.90. The van der Waals surface area contributed by atoms with Crippen molar-refractivity contribution in [1.29, 1.82) is 0 Å². The molecule has 2 aromatic rings. The van der Waals surface area contributed by atoms with Crippen LogP contribution in [0.1, 0.15) is 17.5 Å². The number of carbonyl (C=O) groups excluding carboxylic acids is 1. The fourth-order valence-corrected chi connectivity index (χ4v) is 5.10. The van der Waals surface area contributed by atoms with Crippen LogP contribution in [0.25, 0.3) is 0 Å². The third-order valence-electron chi connectivity index (χ3n) is 4.94. The Morgan fingerprint density at radius 1 is 1.29 bits per heavy atom. The van der Waals surface area contributed by atoms with E-state index in [-0.39, 0.29) is 17.4 Å². The molecule has 2 aliphatic rings. The van der Waals surface area contributed by atoms with Gasteiger partial charge in [-0.25, -0.2) is 13.4 Å². The summed E-state index contributed by atoms with van der Waals surface area (Å²) in [7, 11) is -1.33. The van der Waals surface area contributed by atoms with Crippen molar-refractivity contribution in [3.8, 4) is 0 Å². The monoisotopic (exact) mass is 399 g/mol. The zero-order valence-electron chi connectivity index (χ0n) is 15.6. The van der Waals surface area contributed by atoms with Crippen molar-refractivity contribution in [3.63, 3.8) is 0 Å². The quantitative estimate of drug-likeness (QED) is 0.786. The fourth-order valence-electron chi connectivity index (χ4n) is 3.50. The molecule has 0 saturated carbocycles. The summed E-state index contributed by atoms with van der Waals surface area (Å²) in [5.74, 6) is 1.21. The Morgan fingerprint density at radius 3 is 2.86 bits per heavy atom. The van der Waals surface area contributed by atoms with Gasteiger partial charge < -0.3 is 15.1 Å². The predicted octanol–water partition coefficient (Wildman–Crippen LogP) is 2.01. The van der Waals surface area contributed by atoms with Gasteiger partial charge in [0.2, 0.25) is 11.9 Å². The van der Waals surface area contributed by atoms with Gasteiger partial charge in [-0.05, 0) is 23.3 Å². The number of rotatable bonds is 4. The number of aromatic nitrogens is 2. The summed E-state index contributed by atoms with van der Waals surface area (Å²) in [6.07, 6.45) is 3.79. The van der Waals surface area contributed by atoms with Crippen LogP contribution in [-0.2, 0) is 26.1 Å². The number of hydrogen-bond donors (Lipinski definition) is 1. The maximum absolute atomic E-state index is 12.2. The minimum absolute atomic E-state index is 0.0111. The highest BCUT2D eigenvalue weighted by Gasteiger charge is 2.26. The van der Waals surface area contributed by atoms with Crippen LogP contribution in [0.15, 0.2) is 37.1 Å². The number of nitrogens with one attached hydrogen (secondary N) is 1. The van der Waals surface area contributed by atoms with E-state index in [1.54, 1.807) is 24.2 Å². The Kier molecular flexibility index (Phi) is 4.54. The highest BCUT2D eigenvalue weighted by molar-refractivity contribution is 7.90.